The van der Waals surface area contributed by atoms with Gasteiger partial charge < -0.3 is 5.32 Å². The first-order valence-corrected chi connectivity index (χ1v) is 9.32. The fourth-order valence-electron chi connectivity index (χ4n) is 3.56. The van der Waals surface area contributed by atoms with Crippen molar-refractivity contribution in [2.75, 3.05) is 7.05 Å². The number of fused-ring (bicyclic) bond motifs is 1. The van der Waals surface area contributed by atoms with Gasteiger partial charge in [-0.2, -0.15) is 5.10 Å². The van der Waals surface area contributed by atoms with Crippen LogP contribution in [0, 0.1) is 0 Å². The molecule has 0 aliphatic carbocycles. The van der Waals surface area contributed by atoms with Crippen LogP contribution < -0.4 is 5.32 Å². The predicted octanol–water partition coefficient (Wildman–Crippen LogP) is 3.40. The van der Waals surface area contributed by atoms with Crippen LogP contribution in [-0.4, -0.2) is 34.1 Å². The number of aromatic amines is 1. The van der Waals surface area contributed by atoms with E-state index >= 15 is 0 Å². The number of carbonyl (C=O) groups excluding carboxylic acids is 1. The van der Waals surface area contributed by atoms with Gasteiger partial charge >= 0.3 is 0 Å². The lowest BCUT2D eigenvalue weighted by molar-refractivity contribution is -0.126. The minimum absolute atomic E-state index is 0.0373. The zero-order chi connectivity index (χ0) is 18.8. The highest BCUT2D eigenvalue weighted by Gasteiger charge is 2.28. The van der Waals surface area contributed by atoms with Crippen molar-refractivity contribution in [2.45, 2.75) is 25.6 Å². The molecule has 0 spiro atoms. The zero-order valence-electron chi connectivity index (χ0n) is 15.1. The summed E-state index contributed by atoms with van der Waals surface area (Å²) in [5.74, 6) is 0.0373. The summed E-state index contributed by atoms with van der Waals surface area (Å²) >= 11 is 5.96. The number of H-pyrrole nitrogens is 1. The lowest BCUT2D eigenvalue weighted by Gasteiger charge is -2.33. The minimum atomic E-state index is -0.161. The number of halogens is 1. The normalized spacial score (nSPS) is 16.7. The Morgan fingerprint density at radius 3 is 2.74 bits per heavy atom. The summed E-state index contributed by atoms with van der Waals surface area (Å²) in [5, 5.41) is 10.9. The van der Waals surface area contributed by atoms with E-state index in [9.17, 15) is 4.79 Å². The fraction of sp³-hybridized carbons (Fsp3) is 0.238. The number of rotatable bonds is 4. The van der Waals surface area contributed by atoms with Crippen LogP contribution in [0.2, 0.25) is 5.02 Å². The van der Waals surface area contributed by atoms with Gasteiger partial charge in [-0.05, 0) is 42.3 Å². The van der Waals surface area contributed by atoms with Crippen molar-refractivity contribution in [3.63, 3.8) is 0 Å². The van der Waals surface area contributed by atoms with Gasteiger partial charge in [0.05, 0.1) is 17.9 Å². The molecule has 1 aliphatic heterocycles. The molecule has 2 aromatic carbocycles. The van der Waals surface area contributed by atoms with Crippen LogP contribution in [-0.2, 0) is 24.3 Å². The highest BCUT2D eigenvalue weighted by atomic mass is 35.5. The van der Waals surface area contributed by atoms with Crippen LogP contribution in [0.25, 0.3) is 11.3 Å². The van der Waals surface area contributed by atoms with Crippen LogP contribution in [0.4, 0.5) is 0 Å². The monoisotopic (exact) mass is 380 g/mol. The van der Waals surface area contributed by atoms with Gasteiger partial charge in [-0.15, -0.1) is 0 Å². The topological polar surface area (TPSA) is 61.0 Å². The number of hydrogen-bond acceptors (Lipinski definition) is 3. The quantitative estimate of drug-likeness (QED) is 0.729. The first-order chi connectivity index (χ1) is 13.1. The van der Waals surface area contributed by atoms with Gasteiger partial charge in [-0.3, -0.25) is 14.8 Å². The van der Waals surface area contributed by atoms with E-state index in [1.165, 1.54) is 11.1 Å². The number of benzene rings is 2. The van der Waals surface area contributed by atoms with E-state index in [2.05, 4.69) is 32.5 Å². The molecular weight excluding hydrogens is 360 g/mol. The summed E-state index contributed by atoms with van der Waals surface area (Å²) in [6, 6.07) is 15.7. The Labute approximate surface area is 163 Å². The summed E-state index contributed by atoms with van der Waals surface area (Å²) < 4.78 is 0. The summed E-state index contributed by atoms with van der Waals surface area (Å²) in [4.78, 5) is 14.9. The molecule has 27 heavy (non-hydrogen) atoms. The third-order valence-corrected chi connectivity index (χ3v) is 5.34. The molecule has 2 heterocycles. The van der Waals surface area contributed by atoms with Gasteiger partial charge in [0.15, 0.2) is 0 Å². The van der Waals surface area contributed by atoms with Gasteiger partial charge in [0.2, 0.25) is 5.91 Å². The molecule has 1 amide bonds. The SMILES string of the molecule is CN1Cc2ccccc2C[C@H]1C(=O)NCc1cn[nH]c1-c1ccc(Cl)cc1. The number of amides is 1. The van der Waals surface area contributed by atoms with E-state index < -0.39 is 0 Å². The molecule has 1 aliphatic rings. The van der Waals surface area contributed by atoms with Crippen molar-refractivity contribution >= 4 is 17.5 Å². The molecule has 5 nitrogen and oxygen atoms in total. The van der Waals surface area contributed by atoms with Crippen LogP contribution in [0.15, 0.2) is 54.7 Å². The highest BCUT2D eigenvalue weighted by Crippen LogP contribution is 2.24. The number of carbonyl (C=O) groups is 1. The molecular formula is C21H21ClN4O. The Hall–Kier alpha value is -2.63. The summed E-state index contributed by atoms with van der Waals surface area (Å²) in [6.45, 7) is 1.22. The molecule has 0 radical (unpaired) electrons. The third kappa shape index (κ3) is 3.75. The molecule has 1 aromatic heterocycles. The van der Waals surface area contributed by atoms with E-state index in [-0.39, 0.29) is 11.9 Å². The standard InChI is InChI=1S/C21H21ClN4O/c1-26-13-16-5-3-2-4-15(16)10-19(26)21(27)23-11-17-12-24-25-20(17)14-6-8-18(22)9-7-14/h2-9,12,19H,10-11,13H2,1H3,(H,23,27)(H,24,25)/t19-/m0/s1. The molecule has 6 heteroatoms. The first kappa shape index (κ1) is 17.8. The van der Waals surface area contributed by atoms with E-state index in [1.807, 2.05) is 43.4 Å². The van der Waals surface area contributed by atoms with Crippen molar-refractivity contribution in [3.8, 4) is 11.3 Å². The second kappa shape index (κ2) is 7.55. The smallest absolute Gasteiger partial charge is 0.237 e. The van der Waals surface area contributed by atoms with Gasteiger partial charge in [-0.1, -0.05) is 48.0 Å². The molecule has 138 valence electrons. The summed E-state index contributed by atoms with van der Waals surface area (Å²) in [6.07, 6.45) is 2.48. The molecule has 0 unspecified atom stereocenters. The van der Waals surface area contributed by atoms with Crippen LogP contribution in [0.1, 0.15) is 16.7 Å². The summed E-state index contributed by atoms with van der Waals surface area (Å²) in [7, 11) is 2.00. The molecule has 0 fully saturated rings. The molecule has 0 saturated heterocycles. The van der Waals surface area contributed by atoms with E-state index in [4.69, 9.17) is 11.6 Å². The number of nitrogens with one attached hydrogen (secondary N) is 2. The van der Waals surface area contributed by atoms with Crippen molar-refractivity contribution in [1.29, 1.82) is 0 Å². The van der Waals surface area contributed by atoms with Crippen LogP contribution in [0.5, 0.6) is 0 Å². The van der Waals surface area contributed by atoms with Crippen molar-refractivity contribution < 1.29 is 4.79 Å². The zero-order valence-corrected chi connectivity index (χ0v) is 15.8. The Morgan fingerprint density at radius 1 is 1.22 bits per heavy atom. The second-order valence-electron chi connectivity index (χ2n) is 6.90. The molecule has 2 N–H and O–H groups in total. The average molecular weight is 381 g/mol. The highest BCUT2D eigenvalue weighted by molar-refractivity contribution is 6.30. The van der Waals surface area contributed by atoms with E-state index in [0.29, 0.717) is 11.6 Å². The number of hydrogen-bond donors (Lipinski definition) is 2. The van der Waals surface area contributed by atoms with Crippen LogP contribution >= 0.6 is 11.6 Å². The lowest BCUT2D eigenvalue weighted by atomic mass is 9.94. The molecule has 0 bridgehead atoms. The first-order valence-electron chi connectivity index (χ1n) is 8.95. The van der Waals surface area contributed by atoms with E-state index in [0.717, 1.165) is 29.8 Å². The number of aromatic nitrogens is 2. The van der Waals surface area contributed by atoms with Crippen LogP contribution in [0.3, 0.4) is 0 Å². The van der Waals surface area contributed by atoms with Crippen molar-refractivity contribution in [2.24, 2.45) is 0 Å². The molecule has 4 rings (SSSR count). The van der Waals surface area contributed by atoms with Gasteiger partial charge in [-0.25, -0.2) is 0 Å². The van der Waals surface area contributed by atoms with Gasteiger partial charge in [0.25, 0.3) is 0 Å². The Bertz CT molecular complexity index is 951. The largest absolute Gasteiger partial charge is 0.351 e. The third-order valence-electron chi connectivity index (χ3n) is 5.09. The Morgan fingerprint density at radius 2 is 1.96 bits per heavy atom. The Balaban J connectivity index is 1.45. The van der Waals surface area contributed by atoms with Crippen molar-refractivity contribution in [3.05, 3.63) is 76.4 Å². The van der Waals surface area contributed by atoms with Gasteiger partial charge in [0.1, 0.15) is 0 Å². The van der Waals surface area contributed by atoms with E-state index in [1.54, 1.807) is 6.20 Å². The predicted molar refractivity (Wildman–Crippen MR) is 106 cm³/mol. The Kier molecular flexibility index (Phi) is 4.97. The lowest BCUT2D eigenvalue weighted by Crippen LogP contribution is -2.48. The maximum absolute atomic E-state index is 12.8. The second-order valence-corrected chi connectivity index (χ2v) is 7.34. The van der Waals surface area contributed by atoms with Crippen molar-refractivity contribution in [1.82, 2.24) is 20.4 Å². The number of nitrogens with zero attached hydrogens (tertiary/aromatic N) is 2. The number of likely N-dealkylation sites (N-methyl/N-ethyl adjacent to an activating group) is 1. The molecule has 0 saturated carbocycles. The summed E-state index contributed by atoms with van der Waals surface area (Å²) in [5.41, 5.74) is 5.38. The maximum Gasteiger partial charge on any atom is 0.237 e. The maximum atomic E-state index is 12.8. The minimum Gasteiger partial charge on any atom is -0.351 e. The van der Waals surface area contributed by atoms with Gasteiger partial charge in [0, 0.05) is 23.7 Å². The fourth-order valence-corrected chi connectivity index (χ4v) is 3.68. The molecule has 3 aromatic rings. The molecule has 1 atom stereocenters. The average Bonchev–Trinajstić information content (AvgIpc) is 3.14.